The van der Waals surface area contributed by atoms with Gasteiger partial charge in [-0.25, -0.2) is 13.8 Å². The van der Waals surface area contributed by atoms with Crippen molar-refractivity contribution in [3.8, 4) is 22.8 Å². The van der Waals surface area contributed by atoms with E-state index in [-0.39, 0.29) is 30.5 Å². The van der Waals surface area contributed by atoms with Gasteiger partial charge in [-0.05, 0) is 53.8 Å². The number of phenolic OH excluding ortho intramolecular Hbond substituents is 1. The molecule has 0 aliphatic carbocycles. The number of nitrogens with zero attached hydrogens (tertiary/aromatic N) is 3. The van der Waals surface area contributed by atoms with Gasteiger partial charge in [0.2, 0.25) is 0 Å². The number of aryl methyl sites for hydroxylation is 1. The molecule has 2 aliphatic heterocycles. The first-order valence-corrected chi connectivity index (χ1v) is 13.9. The number of carbonyl (C=O) groups is 1. The van der Waals surface area contributed by atoms with E-state index >= 15 is 0 Å². The molecule has 4 aromatic rings. The van der Waals surface area contributed by atoms with Crippen LogP contribution < -0.4 is 10.1 Å². The van der Waals surface area contributed by atoms with E-state index in [2.05, 4.69) is 22.4 Å². The number of aromatic nitrogens is 2. The van der Waals surface area contributed by atoms with Gasteiger partial charge in [0.25, 0.3) is 12.3 Å². The SMILES string of the molecule is Cn1cncc1-c1cc2c(c(N[C@H]3CCOC3)c1)CN(C(=O)c1c(O)cc(C(F)F)cc1OCc1ccccc1)CC2. The molecule has 1 amide bonds. The van der Waals surface area contributed by atoms with Crippen molar-refractivity contribution >= 4 is 11.6 Å². The van der Waals surface area contributed by atoms with E-state index in [9.17, 15) is 18.7 Å². The van der Waals surface area contributed by atoms with Crippen LogP contribution in [0.1, 0.15) is 45.5 Å². The lowest BCUT2D eigenvalue weighted by Crippen LogP contribution is -2.37. The first kappa shape index (κ1) is 27.7. The third kappa shape index (κ3) is 5.67. The number of aromatic hydroxyl groups is 1. The lowest BCUT2D eigenvalue weighted by atomic mass is 9.93. The quantitative estimate of drug-likeness (QED) is 0.280. The molecule has 0 spiro atoms. The highest BCUT2D eigenvalue weighted by Gasteiger charge is 2.30. The van der Waals surface area contributed by atoms with Crippen molar-refractivity contribution in [2.24, 2.45) is 7.05 Å². The van der Waals surface area contributed by atoms with Gasteiger partial charge in [-0.3, -0.25) is 4.79 Å². The highest BCUT2D eigenvalue weighted by Crippen LogP contribution is 2.38. The van der Waals surface area contributed by atoms with Crippen molar-refractivity contribution in [3.05, 3.63) is 94.9 Å². The monoisotopic (exact) mass is 574 g/mol. The Kier molecular flexibility index (Phi) is 7.80. The fourth-order valence-electron chi connectivity index (χ4n) is 5.59. The number of anilines is 1. The predicted octanol–water partition coefficient (Wildman–Crippen LogP) is 5.71. The Morgan fingerprint density at radius 3 is 2.76 bits per heavy atom. The van der Waals surface area contributed by atoms with E-state index in [0.717, 1.165) is 52.2 Å². The highest BCUT2D eigenvalue weighted by atomic mass is 19.3. The Balaban J connectivity index is 1.33. The summed E-state index contributed by atoms with van der Waals surface area (Å²) in [6, 6.07) is 15.7. The van der Waals surface area contributed by atoms with Gasteiger partial charge in [-0.2, -0.15) is 0 Å². The minimum Gasteiger partial charge on any atom is -0.507 e. The molecule has 0 saturated carbocycles. The average Bonchev–Trinajstić information content (AvgIpc) is 3.67. The van der Waals surface area contributed by atoms with Crippen LogP contribution >= 0.6 is 0 Å². The van der Waals surface area contributed by atoms with Gasteiger partial charge in [0.1, 0.15) is 23.7 Å². The number of fused-ring (bicyclic) bond motifs is 1. The number of hydrogen-bond donors (Lipinski definition) is 2. The Morgan fingerprint density at radius 1 is 1.21 bits per heavy atom. The van der Waals surface area contributed by atoms with Gasteiger partial charge in [0, 0.05) is 43.6 Å². The number of imidazole rings is 1. The zero-order valence-corrected chi connectivity index (χ0v) is 23.2. The molecule has 1 atom stereocenters. The first-order valence-electron chi connectivity index (χ1n) is 13.9. The van der Waals surface area contributed by atoms with Crippen molar-refractivity contribution in [1.82, 2.24) is 14.5 Å². The zero-order valence-electron chi connectivity index (χ0n) is 23.2. The molecule has 218 valence electrons. The zero-order chi connectivity index (χ0) is 29.2. The average molecular weight is 575 g/mol. The second-order valence-corrected chi connectivity index (χ2v) is 10.7. The number of hydrogen-bond acceptors (Lipinski definition) is 6. The Morgan fingerprint density at radius 2 is 2.05 bits per heavy atom. The van der Waals surface area contributed by atoms with Gasteiger partial charge in [-0.1, -0.05) is 30.3 Å². The van der Waals surface area contributed by atoms with Gasteiger partial charge in [-0.15, -0.1) is 0 Å². The second-order valence-electron chi connectivity index (χ2n) is 10.7. The van der Waals surface area contributed by atoms with Crippen LogP contribution in [-0.2, 0) is 31.4 Å². The summed E-state index contributed by atoms with van der Waals surface area (Å²) in [5.74, 6) is -1.08. The number of alkyl halides is 2. The molecule has 42 heavy (non-hydrogen) atoms. The Bertz CT molecular complexity index is 1590. The summed E-state index contributed by atoms with van der Waals surface area (Å²) in [5.41, 5.74) is 5.26. The first-order chi connectivity index (χ1) is 20.4. The Hall–Kier alpha value is -4.44. The molecule has 1 aromatic heterocycles. The van der Waals surface area contributed by atoms with E-state index in [1.54, 1.807) is 11.2 Å². The summed E-state index contributed by atoms with van der Waals surface area (Å²) in [6.45, 7) is 2.01. The van der Waals surface area contributed by atoms with Crippen LogP contribution in [0.5, 0.6) is 11.5 Å². The van der Waals surface area contributed by atoms with Crippen molar-refractivity contribution < 1.29 is 28.2 Å². The molecular weight excluding hydrogens is 542 g/mol. The summed E-state index contributed by atoms with van der Waals surface area (Å²) in [7, 11) is 1.95. The van der Waals surface area contributed by atoms with Crippen LogP contribution in [0.25, 0.3) is 11.3 Å². The van der Waals surface area contributed by atoms with Gasteiger partial charge in [0.05, 0.1) is 30.9 Å². The van der Waals surface area contributed by atoms with Crippen LogP contribution in [0.3, 0.4) is 0 Å². The number of carbonyl (C=O) groups excluding carboxylic acids is 1. The number of benzene rings is 3. The van der Waals surface area contributed by atoms with E-state index in [0.29, 0.717) is 26.2 Å². The molecule has 2 N–H and O–H groups in total. The normalized spacial score (nSPS) is 16.5. The van der Waals surface area contributed by atoms with Crippen molar-refractivity contribution in [2.75, 3.05) is 25.1 Å². The predicted molar refractivity (Wildman–Crippen MR) is 154 cm³/mol. The van der Waals surface area contributed by atoms with Crippen LogP contribution in [0.4, 0.5) is 14.5 Å². The van der Waals surface area contributed by atoms with Crippen LogP contribution in [0.2, 0.25) is 0 Å². The topological polar surface area (TPSA) is 88.9 Å². The van der Waals surface area contributed by atoms with Crippen molar-refractivity contribution in [3.63, 3.8) is 0 Å². The molecule has 0 bridgehead atoms. The highest BCUT2D eigenvalue weighted by molar-refractivity contribution is 6.00. The Labute approximate surface area is 242 Å². The number of rotatable bonds is 8. The number of phenols is 1. The maximum absolute atomic E-state index is 13.9. The van der Waals surface area contributed by atoms with Crippen LogP contribution in [-0.4, -0.2) is 51.3 Å². The summed E-state index contributed by atoms with van der Waals surface area (Å²) >= 11 is 0. The van der Waals surface area contributed by atoms with E-state index < -0.39 is 23.6 Å². The van der Waals surface area contributed by atoms with Gasteiger partial charge < -0.3 is 29.4 Å². The summed E-state index contributed by atoms with van der Waals surface area (Å²) in [5, 5.41) is 14.5. The molecule has 1 fully saturated rings. The van der Waals surface area contributed by atoms with E-state index in [1.807, 2.05) is 48.1 Å². The lowest BCUT2D eigenvalue weighted by molar-refractivity contribution is 0.0726. The maximum atomic E-state index is 13.9. The number of amides is 1. The summed E-state index contributed by atoms with van der Waals surface area (Å²) < 4.78 is 40.7. The molecule has 3 heterocycles. The minimum absolute atomic E-state index is 0.0599. The number of nitrogens with one attached hydrogen (secondary N) is 1. The minimum atomic E-state index is -2.83. The molecule has 10 heteroatoms. The van der Waals surface area contributed by atoms with Gasteiger partial charge in [0.15, 0.2) is 0 Å². The molecule has 3 aromatic carbocycles. The van der Waals surface area contributed by atoms with E-state index in [4.69, 9.17) is 9.47 Å². The summed E-state index contributed by atoms with van der Waals surface area (Å²) in [6.07, 6.45) is 2.21. The smallest absolute Gasteiger partial charge is 0.264 e. The standard InChI is InChI=1S/C32H32F2N4O4/c1-37-19-35-15-27(37)22-11-21-7-9-38(16-25(21)26(12-22)36-24-8-10-41-18-24)32(40)30-28(39)13-23(31(33)34)14-29(30)42-17-20-5-3-2-4-6-20/h2-6,11-15,19,24,31,36,39H,7-10,16-18H2,1H3/t24-/m0/s1. The fourth-order valence-corrected chi connectivity index (χ4v) is 5.59. The van der Waals surface area contributed by atoms with Crippen LogP contribution in [0.15, 0.2) is 67.1 Å². The summed E-state index contributed by atoms with van der Waals surface area (Å²) in [4.78, 5) is 19.8. The molecule has 8 nitrogen and oxygen atoms in total. The number of ether oxygens (including phenoxy) is 2. The number of halogens is 2. The van der Waals surface area contributed by atoms with Gasteiger partial charge >= 0.3 is 0 Å². The molecule has 2 aliphatic rings. The molecule has 6 rings (SSSR count). The maximum Gasteiger partial charge on any atom is 0.264 e. The van der Waals surface area contributed by atoms with E-state index in [1.165, 1.54) is 0 Å². The second kappa shape index (κ2) is 11.8. The largest absolute Gasteiger partial charge is 0.507 e. The fraction of sp³-hybridized carbons (Fsp3) is 0.312. The van der Waals surface area contributed by atoms with Crippen LogP contribution in [0, 0.1) is 0 Å². The third-order valence-electron chi connectivity index (χ3n) is 7.84. The molecule has 0 radical (unpaired) electrons. The molecule has 1 saturated heterocycles. The van der Waals surface area contributed by atoms with Crippen molar-refractivity contribution in [2.45, 2.75) is 38.5 Å². The van der Waals surface area contributed by atoms with Crippen molar-refractivity contribution in [1.29, 1.82) is 0 Å². The molecular formula is C32H32F2N4O4. The lowest BCUT2D eigenvalue weighted by Gasteiger charge is -2.32. The molecule has 0 unspecified atom stereocenters. The third-order valence-corrected chi connectivity index (χ3v) is 7.84.